The van der Waals surface area contributed by atoms with Gasteiger partial charge in [-0.3, -0.25) is 4.79 Å². The number of aryl methyl sites for hydroxylation is 1. The molecule has 10 heteroatoms. The first-order valence-electron chi connectivity index (χ1n) is 13.5. The van der Waals surface area contributed by atoms with Crippen molar-refractivity contribution in [2.75, 3.05) is 19.6 Å². The summed E-state index contributed by atoms with van der Waals surface area (Å²) < 4.78 is 54.7. The molecule has 7 nitrogen and oxygen atoms in total. The predicted molar refractivity (Wildman–Crippen MR) is 149 cm³/mol. The molecule has 1 aliphatic rings. The minimum atomic E-state index is -3.62. The van der Waals surface area contributed by atoms with Crippen molar-refractivity contribution in [1.82, 2.24) is 14.9 Å². The van der Waals surface area contributed by atoms with E-state index < -0.39 is 39.7 Å². The number of hydrogen-bond donors (Lipinski definition) is 3. The van der Waals surface area contributed by atoms with Crippen LogP contribution < -0.4 is 10.6 Å². The second-order valence-electron chi connectivity index (χ2n) is 10.1. The predicted octanol–water partition coefficient (Wildman–Crippen LogP) is 3.80. The van der Waals surface area contributed by atoms with Crippen molar-refractivity contribution in [1.29, 1.82) is 0 Å². The number of sulfonamides is 1. The highest BCUT2D eigenvalue weighted by Crippen LogP contribution is 2.21. The summed E-state index contributed by atoms with van der Waals surface area (Å²) in [5.41, 5.74) is 2.72. The number of carbonyl (C=O) groups is 1. The number of nitrogens with zero attached hydrogens (tertiary/aromatic N) is 1. The maximum absolute atomic E-state index is 13.9. The molecule has 3 aromatic rings. The maximum atomic E-state index is 13.9. The monoisotopic (exact) mass is 571 g/mol. The standard InChI is InChI=1S/C30H35F2N3O4S/c1-2-21-6-5-7-22(14-21)19-33-20-29(36)28(17-23-15-25(31)18-26(32)16-23)34-30(37)24-8-10-27(11-9-24)40(38,39)35-12-3-4-13-35/h5-11,14-16,18,28-29,33,36H,2-4,12-13,17,19-20H2,1H3,(H,34,37)/t28-,29+/m0/s1. The fourth-order valence-electron chi connectivity index (χ4n) is 4.84. The molecule has 0 bridgehead atoms. The Hall–Kier alpha value is -3.18. The van der Waals surface area contributed by atoms with Crippen LogP contribution >= 0.6 is 0 Å². The molecule has 4 rings (SSSR count). The highest BCUT2D eigenvalue weighted by Gasteiger charge is 2.28. The third kappa shape index (κ3) is 7.72. The number of hydrogen-bond acceptors (Lipinski definition) is 5. The van der Waals surface area contributed by atoms with Gasteiger partial charge in [0.2, 0.25) is 10.0 Å². The lowest BCUT2D eigenvalue weighted by atomic mass is 10.00. The fourth-order valence-corrected chi connectivity index (χ4v) is 6.36. The summed E-state index contributed by atoms with van der Waals surface area (Å²) in [7, 11) is -3.62. The lowest BCUT2D eigenvalue weighted by molar-refractivity contribution is 0.0829. The zero-order valence-corrected chi connectivity index (χ0v) is 23.3. The normalized spacial score (nSPS) is 15.6. The molecule has 0 aromatic heterocycles. The van der Waals surface area contributed by atoms with E-state index in [4.69, 9.17) is 0 Å². The molecule has 0 aliphatic carbocycles. The number of nitrogens with one attached hydrogen (secondary N) is 2. The Labute approximate surface area is 234 Å². The van der Waals surface area contributed by atoms with Gasteiger partial charge in [0, 0.05) is 37.8 Å². The summed E-state index contributed by atoms with van der Waals surface area (Å²) in [5, 5.41) is 17.0. The van der Waals surface area contributed by atoms with E-state index in [-0.39, 0.29) is 29.0 Å². The van der Waals surface area contributed by atoms with Crippen molar-refractivity contribution in [2.24, 2.45) is 0 Å². The van der Waals surface area contributed by atoms with Crippen LogP contribution in [0.1, 0.15) is 46.8 Å². The minimum absolute atomic E-state index is 0.0178. The summed E-state index contributed by atoms with van der Waals surface area (Å²) in [6.45, 7) is 3.63. The molecule has 0 unspecified atom stereocenters. The number of aliphatic hydroxyl groups is 1. The average Bonchev–Trinajstić information content (AvgIpc) is 3.48. The first-order valence-corrected chi connectivity index (χ1v) is 14.9. The molecule has 40 heavy (non-hydrogen) atoms. The van der Waals surface area contributed by atoms with E-state index in [0.29, 0.717) is 19.6 Å². The molecule has 3 N–H and O–H groups in total. The van der Waals surface area contributed by atoms with Gasteiger partial charge in [-0.1, -0.05) is 31.2 Å². The largest absolute Gasteiger partial charge is 0.390 e. The second kappa shape index (κ2) is 13.5. The van der Waals surface area contributed by atoms with Crippen molar-refractivity contribution in [3.05, 3.63) is 101 Å². The van der Waals surface area contributed by atoms with E-state index in [9.17, 15) is 27.1 Å². The smallest absolute Gasteiger partial charge is 0.251 e. The third-order valence-electron chi connectivity index (χ3n) is 7.06. The van der Waals surface area contributed by atoms with Gasteiger partial charge in [-0.25, -0.2) is 17.2 Å². The SMILES string of the molecule is CCc1cccc(CNC[C@@H](O)[C@H](Cc2cc(F)cc(F)c2)NC(=O)c2ccc(S(=O)(=O)N3CCCC3)cc2)c1. The van der Waals surface area contributed by atoms with Gasteiger partial charge in [-0.15, -0.1) is 0 Å². The highest BCUT2D eigenvalue weighted by molar-refractivity contribution is 7.89. The Bertz CT molecular complexity index is 1390. The molecular weight excluding hydrogens is 536 g/mol. The van der Waals surface area contributed by atoms with E-state index in [0.717, 1.165) is 43.0 Å². The Morgan fingerprint density at radius 2 is 1.60 bits per heavy atom. The molecule has 1 amide bonds. The molecule has 1 heterocycles. The Kier molecular flexibility index (Phi) is 10.0. The summed E-state index contributed by atoms with van der Waals surface area (Å²) >= 11 is 0. The zero-order valence-electron chi connectivity index (χ0n) is 22.4. The van der Waals surface area contributed by atoms with E-state index >= 15 is 0 Å². The lowest BCUT2D eigenvalue weighted by Crippen LogP contribution is -2.48. The number of carbonyl (C=O) groups excluding carboxylic acids is 1. The number of amides is 1. The topological polar surface area (TPSA) is 98.7 Å². The van der Waals surface area contributed by atoms with Gasteiger partial charge in [0.05, 0.1) is 17.0 Å². The molecule has 1 fully saturated rings. The molecule has 1 aliphatic heterocycles. The summed E-state index contributed by atoms with van der Waals surface area (Å²) in [6, 6.07) is 15.9. The maximum Gasteiger partial charge on any atom is 0.251 e. The molecule has 2 atom stereocenters. The van der Waals surface area contributed by atoms with Crippen molar-refractivity contribution in [3.8, 4) is 0 Å². The number of rotatable bonds is 12. The van der Waals surface area contributed by atoms with E-state index in [1.165, 1.54) is 34.1 Å². The molecule has 0 saturated carbocycles. The lowest BCUT2D eigenvalue weighted by Gasteiger charge is -2.25. The van der Waals surface area contributed by atoms with Gasteiger partial charge in [0.25, 0.3) is 5.91 Å². The van der Waals surface area contributed by atoms with Gasteiger partial charge in [0.15, 0.2) is 0 Å². The van der Waals surface area contributed by atoms with E-state index in [1.807, 2.05) is 18.2 Å². The van der Waals surface area contributed by atoms with E-state index in [2.05, 4.69) is 23.6 Å². The van der Waals surface area contributed by atoms with Gasteiger partial charge < -0.3 is 15.7 Å². The van der Waals surface area contributed by atoms with Crippen LogP contribution in [0.2, 0.25) is 0 Å². The Balaban J connectivity index is 1.46. The summed E-state index contributed by atoms with van der Waals surface area (Å²) in [4.78, 5) is 13.2. The molecule has 0 spiro atoms. The number of halogens is 2. The Morgan fingerprint density at radius 3 is 2.25 bits per heavy atom. The van der Waals surface area contributed by atoms with Crippen LogP contribution in [0.15, 0.2) is 71.6 Å². The summed E-state index contributed by atoms with van der Waals surface area (Å²) in [5.74, 6) is -2.04. The first kappa shape index (κ1) is 29.8. The van der Waals surface area contributed by atoms with Crippen molar-refractivity contribution in [2.45, 2.75) is 56.2 Å². The van der Waals surface area contributed by atoms with Crippen LogP contribution in [0, 0.1) is 11.6 Å². The van der Waals surface area contributed by atoms with Crippen LogP contribution in [0.3, 0.4) is 0 Å². The average molecular weight is 572 g/mol. The van der Waals surface area contributed by atoms with Crippen molar-refractivity contribution in [3.63, 3.8) is 0 Å². The minimum Gasteiger partial charge on any atom is -0.390 e. The van der Waals surface area contributed by atoms with Crippen molar-refractivity contribution < 1.29 is 27.1 Å². The quantitative estimate of drug-likeness (QED) is 0.307. The van der Waals surface area contributed by atoms with Gasteiger partial charge >= 0.3 is 0 Å². The molecule has 214 valence electrons. The van der Waals surface area contributed by atoms with Crippen LogP contribution in [-0.4, -0.2) is 55.5 Å². The summed E-state index contributed by atoms with van der Waals surface area (Å²) in [6.07, 6.45) is 1.44. The Morgan fingerprint density at radius 1 is 0.950 bits per heavy atom. The van der Waals surface area contributed by atoms with Crippen LogP contribution in [0.4, 0.5) is 8.78 Å². The first-order chi connectivity index (χ1) is 19.2. The van der Waals surface area contributed by atoms with E-state index in [1.54, 1.807) is 0 Å². The molecule has 3 aromatic carbocycles. The van der Waals surface area contributed by atoms with Gasteiger partial charge in [-0.2, -0.15) is 4.31 Å². The third-order valence-corrected chi connectivity index (χ3v) is 8.97. The number of benzene rings is 3. The number of aliphatic hydroxyl groups excluding tert-OH is 1. The van der Waals surface area contributed by atoms with Crippen LogP contribution in [0.25, 0.3) is 0 Å². The van der Waals surface area contributed by atoms with Crippen molar-refractivity contribution >= 4 is 15.9 Å². The molecular formula is C30H35F2N3O4S. The molecule has 1 saturated heterocycles. The molecule has 0 radical (unpaired) electrons. The fraction of sp³-hybridized carbons (Fsp3) is 0.367. The van der Waals surface area contributed by atoms with Crippen LogP contribution in [0.5, 0.6) is 0 Å². The van der Waals surface area contributed by atoms with Crippen LogP contribution in [-0.2, 0) is 29.4 Å². The van der Waals surface area contributed by atoms with Gasteiger partial charge in [0.1, 0.15) is 11.6 Å². The highest BCUT2D eigenvalue weighted by atomic mass is 32.2. The van der Waals surface area contributed by atoms with Gasteiger partial charge in [-0.05, 0) is 78.8 Å². The second-order valence-corrected chi connectivity index (χ2v) is 12.0. The zero-order chi connectivity index (χ0) is 28.7.